The van der Waals surface area contributed by atoms with Gasteiger partial charge in [0.15, 0.2) is 0 Å². The highest BCUT2D eigenvalue weighted by Crippen LogP contribution is 2.20. The Morgan fingerprint density at radius 3 is 2.85 bits per heavy atom. The topological polar surface area (TPSA) is 84.2 Å². The molecule has 0 fully saturated rings. The first-order chi connectivity index (χ1) is 13.2. The summed E-state index contributed by atoms with van der Waals surface area (Å²) in [6.45, 7) is 3.79. The molecule has 1 aliphatic heterocycles. The molecule has 0 bridgehead atoms. The Kier molecular flexibility index (Phi) is 4.93. The number of aromatic nitrogens is 3. The van der Waals surface area contributed by atoms with E-state index < -0.39 is 0 Å². The van der Waals surface area contributed by atoms with Crippen molar-refractivity contribution in [3.63, 3.8) is 0 Å². The lowest BCUT2D eigenvalue weighted by Crippen LogP contribution is -2.46. The van der Waals surface area contributed by atoms with Gasteiger partial charge in [-0.2, -0.15) is 4.98 Å². The van der Waals surface area contributed by atoms with Crippen LogP contribution in [-0.2, 0) is 24.3 Å². The first-order valence-electron chi connectivity index (χ1n) is 9.03. The highest BCUT2D eigenvalue weighted by molar-refractivity contribution is 5.81. The van der Waals surface area contributed by atoms with Crippen LogP contribution in [0, 0.1) is 0 Å². The molecule has 1 atom stereocenters. The average Bonchev–Trinajstić information content (AvgIpc) is 3.21. The zero-order valence-corrected chi connectivity index (χ0v) is 15.1. The van der Waals surface area contributed by atoms with Gasteiger partial charge in [0.25, 0.3) is 0 Å². The van der Waals surface area contributed by atoms with E-state index in [1.807, 2.05) is 31.2 Å². The molecule has 138 valence electrons. The van der Waals surface area contributed by atoms with Gasteiger partial charge in [0, 0.05) is 19.3 Å². The van der Waals surface area contributed by atoms with Gasteiger partial charge < -0.3 is 9.84 Å². The smallest absolute Gasteiger partial charge is 0.246 e. The van der Waals surface area contributed by atoms with Crippen molar-refractivity contribution in [2.45, 2.75) is 32.5 Å². The van der Waals surface area contributed by atoms with Crippen LogP contribution < -0.4 is 5.32 Å². The number of hydrogen-bond acceptors (Lipinski definition) is 6. The number of carbonyl (C=O) groups excluding carboxylic acids is 1. The summed E-state index contributed by atoms with van der Waals surface area (Å²) in [5.74, 6) is 0.729. The number of fused-ring (bicyclic) bond motifs is 1. The zero-order valence-electron chi connectivity index (χ0n) is 15.1. The Hall–Kier alpha value is -3.06. The summed E-state index contributed by atoms with van der Waals surface area (Å²) in [5.41, 5.74) is 3.30. The maximum atomic E-state index is 12.5. The minimum atomic E-state index is -0.225. The Morgan fingerprint density at radius 2 is 2.04 bits per heavy atom. The molecule has 0 saturated carbocycles. The maximum absolute atomic E-state index is 12.5. The van der Waals surface area contributed by atoms with E-state index in [-0.39, 0.29) is 18.5 Å². The van der Waals surface area contributed by atoms with E-state index in [1.165, 1.54) is 11.1 Å². The molecule has 2 aromatic heterocycles. The van der Waals surface area contributed by atoms with Gasteiger partial charge in [0.05, 0.1) is 12.6 Å². The molecule has 4 rings (SSSR count). The monoisotopic (exact) mass is 363 g/mol. The first kappa shape index (κ1) is 17.4. The Bertz CT molecular complexity index is 925. The van der Waals surface area contributed by atoms with Crippen molar-refractivity contribution in [1.82, 2.24) is 25.3 Å². The molecule has 1 N–H and O–H groups in total. The number of benzene rings is 1. The molecule has 27 heavy (non-hydrogen) atoms. The minimum absolute atomic E-state index is 0.0491. The normalized spacial score (nSPS) is 15.1. The summed E-state index contributed by atoms with van der Waals surface area (Å²) >= 11 is 0. The number of nitrogens with one attached hydrogen (secondary N) is 1. The summed E-state index contributed by atoms with van der Waals surface area (Å²) in [6.07, 6.45) is 2.64. The number of amides is 1. The molecular weight excluding hydrogens is 342 g/mol. The van der Waals surface area contributed by atoms with Crippen molar-refractivity contribution >= 4 is 5.91 Å². The van der Waals surface area contributed by atoms with E-state index in [9.17, 15) is 4.79 Å². The molecule has 0 radical (unpaired) electrons. The van der Waals surface area contributed by atoms with Crippen LogP contribution >= 0.6 is 0 Å². The third kappa shape index (κ3) is 3.88. The predicted molar refractivity (Wildman–Crippen MR) is 99.4 cm³/mol. The van der Waals surface area contributed by atoms with Crippen LogP contribution in [0.2, 0.25) is 0 Å². The van der Waals surface area contributed by atoms with Gasteiger partial charge in [-0.05, 0) is 36.6 Å². The fourth-order valence-corrected chi connectivity index (χ4v) is 3.25. The van der Waals surface area contributed by atoms with Crippen LogP contribution in [0.15, 0.2) is 53.2 Å². The van der Waals surface area contributed by atoms with E-state index in [0.29, 0.717) is 17.4 Å². The van der Waals surface area contributed by atoms with E-state index in [1.54, 1.807) is 6.20 Å². The fourth-order valence-electron chi connectivity index (χ4n) is 3.25. The van der Waals surface area contributed by atoms with E-state index in [2.05, 4.69) is 43.5 Å². The molecule has 1 amide bonds. The van der Waals surface area contributed by atoms with Crippen molar-refractivity contribution in [3.05, 3.63) is 65.7 Å². The Labute approximate surface area is 157 Å². The lowest BCUT2D eigenvalue weighted by atomic mass is 9.99. The Morgan fingerprint density at radius 1 is 1.22 bits per heavy atom. The number of nitrogens with zero attached hydrogens (tertiary/aromatic N) is 4. The quantitative estimate of drug-likeness (QED) is 0.748. The summed E-state index contributed by atoms with van der Waals surface area (Å²) in [4.78, 5) is 23.2. The van der Waals surface area contributed by atoms with Crippen molar-refractivity contribution in [2.75, 3.05) is 6.54 Å². The lowest BCUT2D eigenvalue weighted by Gasteiger charge is -2.32. The van der Waals surface area contributed by atoms with Gasteiger partial charge >= 0.3 is 0 Å². The van der Waals surface area contributed by atoms with Gasteiger partial charge in [-0.25, -0.2) is 0 Å². The SMILES string of the molecule is CC(C(=O)NCc1nc(-c2ccccn2)no1)N1CCc2ccccc2C1. The number of hydrogen-bond donors (Lipinski definition) is 1. The summed E-state index contributed by atoms with van der Waals surface area (Å²) in [7, 11) is 0. The highest BCUT2D eigenvalue weighted by atomic mass is 16.5. The maximum Gasteiger partial charge on any atom is 0.246 e. The van der Waals surface area contributed by atoms with E-state index in [4.69, 9.17) is 4.52 Å². The molecule has 0 aliphatic carbocycles. The molecule has 3 heterocycles. The fraction of sp³-hybridized carbons (Fsp3) is 0.300. The van der Waals surface area contributed by atoms with Crippen molar-refractivity contribution in [3.8, 4) is 11.5 Å². The second kappa shape index (κ2) is 7.67. The highest BCUT2D eigenvalue weighted by Gasteiger charge is 2.25. The van der Waals surface area contributed by atoms with Crippen LogP contribution in [0.4, 0.5) is 0 Å². The van der Waals surface area contributed by atoms with Gasteiger partial charge in [0.2, 0.25) is 17.6 Å². The molecule has 7 nitrogen and oxygen atoms in total. The second-order valence-electron chi connectivity index (χ2n) is 6.61. The number of pyridine rings is 1. The van der Waals surface area contributed by atoms with Crippen molar-refractivity contribution in [2.24, 2.45) is 0 Å². The van der Waals surface area contributed by atoms with Gasteiger partial charge in [-0.1, -0.05) is 35.5 Å². The molecule has 7 heteroatoms. The Balaban J connectivity index is 1.34. The lowest BCUT2D eigenvalue weighted by molar-refractivity contribution is -0.126. The molecule has 1 aromatic carbocycles. The molecule has 0 saturated heterocycles. The molecule has 1 unspecified atom stereocenters. The van der Waals surface area contributed by atoms with E-state index in [0.717, 1.165) is 19.5 Å². The van der Waals surface area contributed by atoms with Gasteiger partial charge in [-0.3, -0.25) is 14.7 Å². The molecule has 0 spiro atoms. The van der Waals surface area contributed by atoms with E-state index >= 15 is 0 Å². The molecule has 3 aromatic rings. The van der Waals surface area contributed by atoms with Crippen LogP contribution in [-0.4, -0.2) is 38.5 Å². The third-order valence-electron chi connectivity index (χ3n) is 4.86. The van der Waals surface area contributed by atoms with Crippen LogP contribution in [0.25, 0.3) is 11.5 Å². The van der Waals surface area contributed by atoms with Crippen molar-refractivity contribution < 1.29 is 9.32 Å². The summed E-state index contributed by atoms with van der Waals surface area (Å²) < 4.78 is 5.21. The van der Waals surface area contributed by atoms with Crippen LogP contribution in [0.5, 0.6) is 0 Å². The largest absolute Gasteiger partial charge is 0.346 e. The number of rotatable bonds is 5. The number of carbonyl (C=O) groups is 1. The minimum Gasteiger partial charge on any atom is -0.346 e. The van der Waals surface area contributed by atoms with Crippen molar-refractivity contribution in [1.29, 1.82) is 0 Å². The predicted octanol–water partition coefficient (Wildman–Crippen LogP) is 2.19. The average molecular weight is 363 g/mol. The van der Waals surface area contributed by atoms with Gasteiger partial charge in [0.1, 0.15) is 5.69 Å². The first-order valence-corrected chi connectivity index (χ1v) is 9.03. The summed E-state index contributed by atoms with van der Waals surface area (Å²) in [5, 5.41) is 6.80. The zero-order chi connectivity index (χ0) is 18.6. The summed E-state index contributed by atoms with van der Waals surface area (Å²) in [6, 6.07) is 13.7. The van der Waals surface area contributed by atoms with Crippen LogP contribution in [0.3, 0.4) is 0 Å². The van der Waals surface area contributed by atoms with Gasteiger partial charge in [-0.15, -0.1) is 0 Å². The molecule has 1 aliphatic rings. The standard InChI is InChI=1S/C20H21N5O2/c1-14(25-11-9-15-6-2-3-7-16(15)13-25)20(26)22-12-18-23-19(24-27-18)17-8-4-5-10-21-17/h2-8,10,14H,9,11-13H2,1H3,(H,22,26). The van der Waals surface area contributed by atoms with Crippen LogP contribution in [0.1, 0.15) is 23.9 Å². The molecular formula is C20H21N5O2. The second-order valence-corrected chi connectivity index (χ2v) is 6.61. The third-order valence-corrected chi connectivity index (χ3v) is 4.86.